The summed E-state index contributed by atoms with van der Waals surface area (Å²) in [4.78, 5) is 15.4. The zero-order valence-electron chi connectivity index (χ0n) is 11.6. The van der Waals surface area contributed by atoms with Gasteiger partial charge in [-0.05, 0) is 36.2 Å². The highest BCUT2D eigenvalue weighted by Gasteiger charge is 2.17. The quantitative estimate of drug-likeness (QED) is 0.900. The number of carbonyl (C=O) groups is 1. The second kappa shape index (κ2) is 5.93. The number of amides is 1. The summed E-state index contributed by atoms with van der Waals surface area (Å²) in [5.74, 6) is 0.815. The second-order valence-corrected chi connectivity index (χ2v) is 5.00. The zero-order valence-corrected chi connectivity index (χ0v) is 11.6. The third-order valence-electron chi connectivity index (χ3n) is 3.52. The van der Waals surface area contributed by atoms with Crippen molar-refractivity contribution >= 4 is 11.6 Å². The molecule has 1 aromatic carbocycles. The number of carbonyl (C=O) groups excluding carboxylic acids is 1. The van der Waals surface area contributed by atoms with Gasteiger partial charge in [0, 0.05) is 36.6 Å². The van der Waals surface area contributed by atoms with Crippen LogP contribution in [0, 0.1) is 0 Å². The lowest BCUT2D eigenvalue weighted by atomic mass is 10.0. The molecule has 1 aliphatic heterocycles. The van der Waals surface area contributed by atoms with Crippen molar-refractivity contribution in [1.29, 1.82) is 0 Å². The molecular formula is C16H17N3O2. The van der Waals surface area contributed by atoms with Crippen LogP contribution in [-0.2, 0) is 11.2 Å². The molecule has 3 N–H and O–H groups in total. The minimum Gasteiger partial charge on any atom is -0.484 e. The number of nitrogens with one attached hydrogen (secondary N) is 1. The Morgan fingerprint density at radius 2 is 2.24 bits per heavy atom. The molecule has 1 aromatic heterocycles. The number of aryl methyl sites for hydroxylation is 1. The van der Waals surface area contributed by atoms with Crippen LogP contribution in [0.15, 0.2) is 42.7 Å². The van der Waals surface area contributed by atoms with Gasteiger partial charge in [0.25, 0.3) is 0 Å². The summed E-state index contributed by atoms with van der Waals surface area (Å²) in [6, 6.07) is 9.50. The van der Waals surface area contributed by atoms with Gasteiger partial charge in [0.2, 0.25) is 5.91 Å². The molecular weight excluding hydrogens is 266 g/mol. The second-order valence-electron chi connectivity index (χ2n) is 5.00. The van der Waals surface area contributed by atoms with E-state index in [0.29, 0.717) is 13.0 Å². The van der Waals surface area contributed by atoms with Crippen LogP contribution in [0.4, 0.5) is 5.69 Å². The molecule has 1 amide bonds. The highest BCUT2D eigenvalue weighted by Crippen LogP contribution is 2.29. The van der Waals surface area contributed by atoms with E-state index in [1.807, 2.05) is 30.3 Å². The maximum atomic E-state index is 11.4. The first kappa shape index (κ1) is 13.6. The number of aromatic nitrogens is 1. The number of pyridine rings is 1. The van der Waals surface area contributed by atoms with Crippen LogP contribution in [0.3, 0.4) is 0 Å². The monoisotopic (exact) mass is 283 g/mol. The maximum absolute atomic E-state index is 11.4. The average Bonchev–Trinajstić information content (AvgIpc) is 2.53. The SMILES string of the molecule is NCC(Oc1ccc2c(c1)CCC(=O)N2)c1cccnc1. The number of fused-ring (bicyclic) bond motifs is 1. The van der Waals surface area contributed by atoms with Gasteiger partial charge < -0.3 is 15.8 Å². The standard InChI is InChI=1S/C16H17N3O2/c17-9-15(12-2-1-7-18-10-12)21-13-4-5-14-11(8-13)3-6-16(20)19-14/h1-2,4-5,7-8,10,15H,3,6,9,17H2,(H,19,20). The fraction of sp³-hybridized carbons (Fsp3) is 0.250. The first-order chi connectivity index (χ1) is 10.3. The van der Waals surface area contributed by atoms with Gasteiger partial charge in [0.15, 0.2) is 0 Å². The van der Waals surface area contributed by atoms with Gasteiger partial charge in [0.05, 0.1) is 0 Å². The molecule has 5 nitrogen and oxygen atoms in total. The topological polar surface area (TPSA) is 77.2 Å². The third kappa shape index (κ3) is 3.03. The molecule has 1 aliphatic rings. The number of hydrogen-bond acceptors (Lipinski definition) is 4. The number of ether oxygens (including phenoxy) is 1. The van der Waals surface area contributed by atoms with Gasteiger partial charge in [-0.15, -0.1) is 0 Å². The van der Waals surface area contributed by atoms with Crippen LogP contribution in [-0.4, -0.2) is 17.4 Å². The molecule has 2 heterocycles. The van der Waals surface area contributed by atoms with E-state index in [9.17, 15) is 4.79 Å². The van der Waals surface area contributed by atoms with Crippen LogP contribution < -0.4 is 15.8 Å². The molecule has 2 aromatic rings. The maximum Gasteiger partial charge on any atom is 0.224 e. The van der Waals surface area contributed by atoms with Crippen molar-refractivity contribution < 1.29 is 9.53 Å². The summed E-state index contributed by atoms with van der Waals surface area (Å²) < 4.78 is 5.96. The molecule has 1 unspecified atom stereocenters. The van der Waals surface area contributed by atoms with Crippen molar-refractivity contribution in [1.82, 2.24) is 4.98 Å². The molecule has 0 saturated carbocycles. The molecule has 0 fully saturated rings. The molecule has 5 heteroatoms. The number of nitrogens with two attached hydrogens (primary N) is 1. The van der Waals surface area contributed by atoms with Crippen molar-refractivity contribution in [3.8, 4) is 5.75 Å². The van der Waals surface area contributed by atoms with Crippen molar-refractivity contribution in [2.45, 2.75) is 18.9 Å². The third-order valence-corrected chi connectivity index (χ3v) is 3.52. The fourth-order valence-corrected chi connectivity index (χ4v) is 2.42. The number of nitrogens with zero attached hydrogens (tertiary/aromatic N) is 1. The minimum absolute atomic E-state index is 0.0614. The first-order valence-electron chi connectivity index (χ1n) is 6.95. The van der Waals surface area contributed by atoms with E-state index >= 15 is 0 Å². The van der Waals surface area contributed by atoms with Crippen LogP contribution in [0.2, 0.25) is 0 Å². The lowest BCUT2D eigenvalue weighted by Crippen LogP contribution is -2.20. The molecule has 1 atom stereocenters. The normalized spacial score (nSPS) is 15.0. The average molecular weight is 283 g/mol. The van der Waals surface area contributed by atoms with E-state index < -0.39 is 0 Å². The number of anilines is 1. The van der Waals surface area contributed by atoms with Gasteiger partial charge in [0.1, 0.15) is 11.9 Å². The largest absolute Gasteiger partial charge is 0.484 e. The molecule has 0 saturated heterocycles. The summed E-state index contributed by atoms with van der Waals surface area (Å²) in [5.41, 5.74) is 8.71. The Labute approximate surface area is 123 Å². The summed E-state index contributed by atoms with van der Waals surface area (Å²) in [6.45, 7) is 0.375. The van der Waals surface area contributed by atoms with Crippen molar-refractivity contribution in [3.63, 3.8) is 0 Å². The predicted molar refractivity (Wildman–Crippen MR) is 80.1 cm³/mol. The van der Waals surface area contributed by atoms with E-state index in [1.54, 1.807) is 12.4 Å². The van der Waals surface area contributed by atoms with E-state index in [-0.39, 0.29) is 12.0 Å². The van der Waals surface area contributed by atoms with E-state index in [2.05, 4.69) is 10.3 Å². The Morgan fingerprint density at radius 1 is 1.33 bits per heavy atom. The summed E-state index contributed by atoms with van der Waals surface area (Å²) in [5, 5.41) is 2.86. The Morgan fingerprint density at radius 3 is 3.00 bits per heavy atom. The first-order valence-corrected chi connectivity index (χ1v) is 6.95. The molecule has 0 spiro atoms. The summed E-state index contributed by atoms with van der Waals surface area (Å²) >= 11 is 0. The van der Waals surface area contributed by atoms with E-state index in [4.69, 9.17) is 10.5 Å². The van der Waals surface area contributed by atoms with Crippen molar-refractivity contribution in [2.75, 3.05) is 11.9 Å². The lowest BCUT2D eigenvalue weighted by Gasteiger charge is -2.21. The summed E-state index contributed by atoms with van der Waals surface area (Å²) in [6.07, 6.45) is 4.50. The number of rotatable bonds is 4. The van der Waals surface area contributed by atoms with Crippen LogP contribution >= 0.6 is 0 Å². The van der Waals surface area contributed by atoms with Crippen molar-refractivity contribution in [2.24, 2.45) is 5.73 Å². The number of benzene rings is 1. The highest BCUT2D eigenvalue weighted by molar-refractivity contribution is 5.93. The van der Waals surface area contributed by atoms with Gasteiger partial charge in [-0.2, -0.15) is 0 Å². The zero-order chi connectivity index (χ0) is 14.7. The minimum atomic E-state index is -0.227. The Bertz CT molecular complexity index is 643. The van der Waals surface area contributed by atoms with Gasteiger partial charge in [-0.3, -0.25) is 9.78 Å². The molecule has 0 radical (unpaired) electrons. The molecule has 108 valence electrons. The number of hydrogen-bond donors (Lipinski definition) is 2. The van der Waals surface area contributed by atoms with Crippen molar-refractivity contribution in [3.05, 3.63) is 53.9 Å². The van der Waals surface area contributed by atoms with E-state index in [1.165, 1.54) is 0 Å². The van der Waals surface area contributed by atoms with Crippen LogP contribution in [0.5, 0.6) is 5.75 Å². The van der Waals surface area contributed by atoms with E-state index in [0.717, 1.165) is 29.0 Å². The highest BCUT2D eigenvalue weighted by atomic mass is 16.5. The molecule has 0 bridgehead atoms. The Kier molecular flexibility index (Phi) is 3.83. The fourth-order valence-electron chi connectivity index (χ4n) is 2.42. The summed E-state index contributed by atoms with van der Waals surface area (Å²) in [7, 11) is 0. The van der Waals surface area contributed by atoms with Gasteiger partial charge in [-0.1, -0.05) is 6.07 Å². The van der Waals surface area contributed by atoms with Crippen LogP contribution in [0.25, 0.3) is 0 Å². The molecule has 3 rings (SSSR count). The van der Waals surface area contributed by atoms with Crippen LogP contribution in [0.1, 0.15) is 23.7 Å². The smallest absolute Gasteiger partial charge is 0.224 e. The van der Waals surface area contributed by atoms with Gasteiger partial charge >= 0.3 is 0 Å². The Hall–Kier alpha value is -2.40. The lowest BCUT2D eigenvalue weighted by molar-refractivity contribution is -0.116. The molecule has 0 aliphatic carbocycles. The predicted octanol–water partition coefficient (Wildman–Crippen LogP) is 2.05. The Balaban J connectivity index is 1.80. The molecule has 21 heavy (non-hydrogen) atoms. The van der Waals surface area contributed by atoms with Gasteiger partial charge in [-0.25, -0.2) is 0 Å².